The summed E-state index contributed by atoms with van der Waals surface area (Å²) < 4.78 is 0. The number of unbranched alkanes of at least 4 members (excludes halogenated alkanes) is 1. The Bertz CT molecular complexity index is 538. The van der Waals surface area contributed by atoms with E-state index in [1.165, 1.54) is 44.2 Å². The summed E-state index contributed by atoms with van der Waals surface area (Å²) in [5.74, 6) is 0.609. The maximum absolute atomic E-state index is 5.82. The van der Waals surface area contributed by atoms with Gasteiger partial charge in [-0.05, 0) is 109 Å². The van der Waals surface area contributed by atoms with Gasteiger partial charge in [-0.15, -0.1) is 0 Å². The Balaban J connectivity index is 2.36. The van der Waals surface area contributed by atoms with Gasteiger partial charge in [0.1, 0.15) is 0 Å². The maximum atomic E-state index is 5.82. The van der Waals surface area contributed by atoms with Crippen LogP contribution in [0.25, 0.3) is 0 Å². The second-order valence-corrected chi connectivity index (χ2v) is 10.2. The monoisotopic (exact) mass is 507 g/mol. The molecule has 0 aliphatic heterocycles. The van der Waals surface area contributed by atoms with Gasteiger partial charge in [-0.25, -0.2) is 0 Å². The number of hydrogen-bond acceptors (Lipinski definition) is 7. The van der Waals surface area contributed by atoms with Crippen LogP contribution in [0, 0.1) is 5.92 Å². The van der Waals surface area contributed by atoms with Gasteiger partial charge in [-0.3, -0.25) is 4.90 Å². The van der Waals surface area contributed by atoms with E-state index in [2.05, 4.69) is 70.1 Å². The summed E-state index contributed by atoms with van der Waals surface area (Å²) >= 11 is 0. The highest BCUT2D eigenvalue weighted by atomic mass is 15.2. The van der Waals surface area contributed by atoms with Crippen LogP contribution >= 0.6 is 0 Å². The maximum Gasteiger partial charge on any atom is 0.0483 e. The van der Waals surface area contributed by atoms with Crippen molar-refractivity contribution in [2.45, 2.75) is 65.7 Å². The Morgan fingerprint density at radius 3 is 2.17 bits per heavy atom. The van der Waals surface area contributed by atoms with E-state index in [0.717, 1.165) is 98.0 Å². The van der Waals surface area contributed by atoms with Crippen molar-refractivity contribution >= 4 is 0 Å². The number of nitrogens with one attached hydrogen (secondary N) is 4. The first-order valence-electron chi connectivity index (χ1n) is 15.1. The number of nitrogens with zero attached hydrogens (tertiary/aromatic N) is 2. The van der Waals surface area contributed by atoms with Crippen molar-refractivity contribution in [1.82, 2.24) is 31.1 Å². The molecule has 0 spiro atoms. The van der Waals surface area contributed by atoms with Crippen molar-refractivity contribution in [1.29, 1.82) is 0 Å². The van der Waals surface area contributed by atoms with Crippen LogP contribution in [0.1, 0.15) is 65.7 Å². The third kappa shape index (κ3) is 18.4. The van der Waals surface area contributed by atoms with Crippen molar-refractivity contribution in [2.24, 2.45) is 11.7 Å². The SMILES string of the molecule is CCCCN(CNCCCNCC)CC1=CCC(CN(CCCN)CCNCCCNCCC)C=C1. The third-order valence-electron chi connectivity index (χ3n) is 6.70. The first-order valence-corrected chi connectivity index (χ1v) is 15.1. The minimum absolute atomic E-state index is 0.609. The highest BCUT2D eigenvalue weighted by molar-refractivity contribution is 5.25. The van der Waals surface area contributed by atoms with E-state index in [9.17, 15) is 0 Å². The molecule has 0 heterocycles. The van der Waals surface area contributed by atoms with Gasteiger partial charge < -0.3 is 31.9 Å². The summed E-state index contributed by atoms with van der Waals surface area (Å²) in [4.78, 5) is 5.18. The summed E-state index contributed by atoms with van der Waals surface area (Å²) in [6.45, 7) is 21.6. The number of nitrogens with two attached hydrogens (primary N) is 1. The minimum atomic E-state index is 0.609. The Hall–Kier alpha value is -0.800. The normalized spacial score (nSPS) is 15.8. The van der Waals surface area contributed by atoms with E-state index in [0.29, 0.717) is 5.92 Å². The zero-order valence-corrected chi connectivity index (χ0v) is 24.1. The summed E-state index contributed by atoms with van der Waals surface area (Å²) in [5.41, 5.74) is 7.30. The Labute approximate surface area is 224 Å². The highest BCUT2D eigenvalue weighted by Crippen LogP contribution is 2.19. The van der Waals surface area contributed by atoms with E-state index in [1.54, 1.807) is 0 Å². The first kappa shape index (κ1) is 33.2. The van der Waals surface area contributed by atoms with Crippen molar-refractivity contribution in [3.63, 3.8) is 0 Å². The van der Waals surface area contributed by atoms with Crippen LogP contribution in [-0.4, -0.2) is 102 Å². The molecular weight excluding hydrogens is 446 g/mol. The first-order chi connectivity index (χ1) is 17.7. The number of allylic oxidation sites excluding steroid dienone is 1. The fourth-order valence-electron chi connectivity index (χ4n) is 4.51. The Morgan fingerprint density at radius 1 is 0.778 bits per heavy atom. The van der Waals surface area contributed by atoms with Gasteiger partial charge in [0.2, 0.25) is 0 Å². The van der Waals surface area contributed by atoms with Crippen LogP contribution in [-0.2, 0) is 0 Å². The van der Waals surface area contributed by atoms with E-state index in [4.69, 9.17) is 5.73 Å². The van der Waals surface area contributed by atoms with Crippen LogP contribution in [0.3, 0.4) is 0 Å². The summed E-state index contributed by atoms with van der Waals surface area (Å²) in [6.07, 6.45) is 15.7. The van der Waals surface area contributed by atoms with Gasteiger partial charge in [0, 0.05) is 32.8 Å². The molecule has 0 saturated carbocycles. The van der Waals surface area contributed by atoms with Crippen LogP contribution < -0.4 is 27.0 Å². The lowest BCUT2D eigenvalue weighted by Crippen LogP contribution is -2.38. The fourth-order valence-corrected chi connectivity index (χ4v) is 4.51. The average Bonchev–Trinajstić information content (AvgIpc) is 2.90. The standard InChI is InChI=1S/C29H61N7/c1-4-7-22-36(27-34-20-9-17-31-6-3)26-29-13-11-28(12-14-29)25-35(23-8-15-30)24-21-33-19-10-18-32-16-5-2/h11,13-14,28,31-34H,4-10,12,15-27,30H2,1-3H3. The topological polar surface area (TPSA) is 80.6 Å². The predicted octanol–water partition coefficient (Wildman–Crippen LogP) is 2.77. The number of rotatable bonds is 26. The van der Waals surface area contributed by atoms with Crippen LogP contribution in [0.5, 0.6) is 0 Å². The molecular formula is C29H61N7. The molecule has 36 heavy (non-hydrogen) atoms. The van der Waals surface area contributed by atoms with Gasteiger partial charge in [-0.2, -0.15) is 0 Å². The molecule has 1 unspecified atom stereocenters. The van der Waals surface area contributed by atoms with Crippen LogP contribution in [0.15, 0.2) is 23.8 Å². The second-order valence-electron chi connectivity index (χ2n) is 10.2. The zero-order chi connectivity index (χ0) is 26.1. The highest BCUT2D eigenvalue weighted by Gasteiger charge is 2.15. The van der Waals surface area contributed by atoms with Gasteiger partial charge in [0.15, 0.2) is 0 Å². The summed E-state index contributed by atoms with van der Waals surface area (Å²) in [7, 11) is 0. The average molecular weight is 508 g/mol. The lowest BCUT2D eigenvalue weighted by Gasteiger charge is -2.28. The van der Waals surface area contributed by atoms with Gasteiger partial charge in [-0.1, -0.05) is 45.4 Å². The predicted molar refractivity (Wildman–Crippen MR) is 159 cm³/mol. The van der Waals surface area contributed by atoms with Crippen LogP contribution in [0.2, 0.25) is 0 Å². The van der Waals surface area contributed by atoms with Crippen molar-refractivity contribution < 1.29 is 0 Å². The van der Waals surface area contributed by atoms with Crippen molar-refractivity contribution in [3.8, 4) is 0 Å². The molecule has 1 aliphatic carbocycles. The molecule has 0 amide bonds. The second kappa shape index (κ2) is 24.5. The van der Waals surface area contributed by atoms with E-state index < -0.39 is 0 Å². The lowest BCUT2D eigenvalue weighted by atomic mass is 9.95. The molecule has 0 aromatic rings. The molecule has 0 saturated heterocycles. The third-order valence-corrected chi connectivity index (χ3v) is 6.70. The Morgan fingerprint density at radius 2 is 1.50 bits per heavy atom. The quantitative estimate of drug-likeness (QED) is 0.0910. The van der Waals surface area contributed by atoms with E-state index in [-0.39, 0.29) is 0 Å². The molecule has 212 valence electrons. The summed E-state index contributed by atoms with van der Waals surface area (Å²) in [5, 5.41) is 14.1. The zero-order valence-electron chi connectivity index (χ0n) is 24.1. The molecule has 0 radical (unpaired) electrons. The molecule has 6 N–H and O–H groups in total. The molecule has 0 aromatic heterocycles. The fraction of sp³-hybridized carbons (Fsp3) is 0.862. The van der Waals surface area contributed by atoms with Gasteiger partial charge >= 0.3 is 0 Å². The van der Waals surface area contributed by atoms with Crippen molar-refractivity contribution in [3.05, 3.63) is 23.8 Å². The molecule has 7 nitrogen and oxygen atoms in total. The summed E-state index contributed by atoms with van der Waals surface area (Å²) in [6, 6.07) is 0. The van der Waals surface area contributed by atoms with Crippen molar-refractivity contribution in [2.75, 3.05) is 91.8 Å². The molecule has 7 heteroatoms. The van der Waals surface area contributed by atoms with Crippen LogP contribution in [0.4, 0.5) is 0 Å². The molecule has 0 bridgehead atoms. The van der Waals surface area contributed by atoms with Gasteiger partial charge in [0.25, 0.3) is 0 Å². The van der Waals surface area contributed by atoms with E-state index in [1.807, 2.05) is 0 Å². The van der Waals surface area contributed by atoms with Gasteiger partial charge in [0.05, 0.1) is 0 Å². The smallest absolute Gasteiger partial charge is 0.0483 e. The lowest BCUT2D eigenvalue weighted by molar-refractivity contribution is 0.244. The molecule has 0 aromatic carbocycles. The Kier molecular flexibility index (Phi) is 22.6. The molecule has 0 fully saturated rings. The largest absolute Gasteiger partial charge is 0.330 e. The molecule has 1 aliphatic rings. The molecule has 1 atom stereocenters. The molecule has 1 rings (SSSR count). The number of hydrogen-bond donors (Lipinski definition) is 5. The minimum Gasteiger partial charge on any atom is -0.330 e. The van der Waals surface area contributed by atoms with E-state index >= 15 is 0 Å².